The summed E-state index contributed by atoms with van der Waals surface area (Å²) in [4.78, 5) is 24.9. The second-order valence-electron chi connectivity index (χ2n) is 5.62. The Bertz CT molecular complexity index is 311. The molecule has 0 bridgehead atoms. The molecule has 0 radical (unpaired) electrons. The van der Waals surface area contributed by atoms with Gasteiger partial charge < -0.3 is 14.7 Å². The third-order valence-electron chi connectivity index (χ3n) is 4.02. The minimum absolute atomic E-state index is 0.0280. The van der Waals surface area contributed by atoms with Crippen LogP contribution in [0.5, 0.6) is 0 Å². The summed E-state index contributed by atoms with van der Waals surface area (Å²) in [6, 6.07) is 0. The molecule has 1 rings (SSSR count). The summed E-state index contributed by atoms with van der Waals surface area (Å²) in [5.74, 6) is -0.769. The van der Waals surface area contributed by atoms with E-state index in [1.165, 1.54) is 0 Å². The van der Waals surface area contributed by atoms with Crippen LogP contribution in [0, 0.1) is 5.41 Å². The summed E-state index contributed by atoms with van der Waals surface area (Å²) in [5, 5.41) is 9.08. The van der Waals surface area contributed by atoms with Gasteiger partial charge in [0.1, 0.15) is 0 Å². The molecule has 0 heterocycles. The van der Waals surface area contributed by atoms with Crippen LogP contribution < -0.4 is 0 Å². The number of nitrogens with zero attached hydrogens (tertiary/aromatic N) is 1. The zero-order valence-electron chi connectivity index (χ0n) is 12.0. The van der Waals surface area contributed by atoms with Gasteiger partial charge in [-0.2, -0.15) is 0 Å². The van der Waals surface area contributed by atoms with Crippen molar-refractivity contribution in [3.8, 4) is 0 Å². The Kier molecular flexibility index (Phi) is 6.28. The van der Waals surface area contributed by atoms with Crippen LogP contribution in [0.15, 0.2) is 0 Å². The second kappa shape index (κ2) is 7.48. The molecule has 1 aliphatic rings. The van der Waals surface area contributed by atoms with Crippen molar-refractivity contribution in [2.24, 2.45) is 5.41 Å². The first-order chi connectivity index (χ1) is 8.99. The lowest BCUT2D eigenvalue weighted by Crippen LogP contribution is -2.37. The van der Waals surface area contributed by atoms with E-state index < -0.39 is 5.97 Å². The van der Waals surface area contributed by atoms with E-state index in [0.717, 1.165) is 32.1 Å². The molecule has 1 saturated carbocycles. The first-order valence-electron chi connectivity index (χ1n) is 6.94. The average molecular weight is 271 g/mol. The highest BCUT2D eigenvalue weighted by atomic mass is 16.5. The Balaban J connectivity index is 2.61. The fourth-order valence-electron chi connectivity index (χ4n) is 2.85. The van der Waals surface area contributed by atoms with Gasteiger partial charge in [-0.15, -0.1) is 0 Å². The van der Waals surface area contributed by atoms with Gasteiger partial charge in [0, 0.05) is 27.1 Å². The quantitative estimate of drug-likeness (QED) is 0.768. The highest BCUT2D eigenvalue weighted by Gasteiger charge is 2.37. The Morgan fingerprint density at radius 1 is 1.21 bits per heavy atom. The normalized spacial score (nSPS) is 18.0. The number of methoxy groups -OCH3 is 1. The average Bonchev–Trinajstić information content (AvgIpc) is 2.35. The first-order valence-corrected chi connectivity index (χ1v) is 6.94. The molecule has 0 aromatic heterocycles. The molecule has 1 aliphatic carbocycles. The summed E-state index contributed by atoms with van der Waals surface area (Å²) < 4.78 is 4.95. The van der Waals surface area contributed by atoms with Crippen LogP contribution in [0.25, 0.3) is 0 Å². The summed E-state index contributed by atoms with van der Waals surface area (Å²) >= 11 is 0. The molecule has 1 fully saturated rings. The number of amides is 1. The molecule has 1 amide bonds. The number of carbonyl (C=O) groups is 2. The van der Waals surface area contributed by atoms with Gasteiger partial charge in [0.05, 0.1) is 13.0 Å². The Labute approximate surface area is 114 Å². The maximum atomic E-state index is 12.2. The predicted octanol–water partition coefficient (Wildman–Crippen LogP) is 1.91. The monoisotopic (exact) mass is 271 g/mol. The van der Waals surface area contributed by atoms with E-state index in [0.29, 0.717) is 19.6 Å². The Morgan fingerprint density at radius 2 is 1.84 bits per heavy atom. The van der Waals surface area contributed by atoms with Crippen LogP contribution in [-0.4, -0.2) is 49.2 Å². The third-order valence-corrected chi connectivity index (χ3v) is 4.02. The van der Waals surface area contributed by atoms with Crippen LogP contribution in [-0.2, 0) is 14.3 Å². The standard InChI is InChI=1S/C14H25NO4/c1-15(8-9-19-2)12(16)10-14(11-13(17)18)6-4-3-5-7-14/h3-11H2,1-2H3,(H,17,18). The van der Waals surface area contributed by atoms with Crippen molar-refractivity contribution in [1.82, 2.24) is 4.90 Å². The van der Waals surface area contributed by atoms with Crippen molar-refractivity contribution >= 4 is 11.9 Å². The van der Waals surface area contributed by atoms with E-state index in [1.54, 1.807) is 19.1 Å². The highest BCUT2D eigenvalue weighted by Crippen LogP contribution is 2.42. The minimum Gasteiger partial charge on any atom is -0.481 e. The van der Waals surface area contributed by atoms with Gasteiger partial charge in [-0.25, -0.2) is 0 Å². The molecule has 19 heavy (non-hydrogen) atoms. The van der Waals surface area contributed by atoms with Gasteiger partial charge in [0.25, 0.3) is 0 Å². The van der Waals surface area contributed by atoms with Crippen molar-refractivity contribution in [2.75, 3.05) is 27.3 Å². The number of carboxylic acids is 1. The molecule has 0 unspecified atom stereocenters. The topological polar surface area (TPSA) is 66.8 Å². The molecule has 0 aliphatic heterocycles. The largest absolute Gasteiger partial charge is 0.481 e. The Hall–Kier alpha value is -1.10. The van der Waals surface area contributed by atoms with Gasteiger partial charge >= 0.3 is 5.97 Å². The second-order valence-corrected chi connectivity index (χ2v) is 5.62. The molecule has 5 heteroatoms. The molecule has 0 aromatic rings. The van der Waals surface area contributed by atoms with Crippen molar-refractivity contribution in [1.29, 1.82) is 0 Å². The predicted molar refractivity (Wildman–Crippen MR) is 71.9 cm³/mol. The van der Waals surface area contributed by atoms with Crippen LogP contribution in [0.4, 0.5) is 0 Å². The molecule has 0 atom stereocenters. The van der Waals surface area contributed by atoms with Crippen LogP contribution in [0.3, 0.4) is 0 Å². The van der Waals surface area contributed by atoms with Gasteiger partial charge in [0.2, 0.25) is 5.91 Å². The lowest BCUT2D eigenvalue weighted by Gasteiger charge is -2.36. The maximum Gasteiger partial charge on any atom is 0.303 e. The van der Waals surface area contributed by atoms with E-state index in [1.807, 2.05) is 0 Å². The zero-order valence-corrected chi connectivity index (χ0v) is 12.0. The number of carboxylic acid groups (broad SMARTS) is 1. The molecule has 0 spiro atoms. The SMILES string of the molecule is COCCN(C)C(=O)CC1(CC(=O)O)CCCCC1. The summed E-state index contributed by atoms with van der Waals surface area (Å²) in [7, 11) is 3.35. The van der Waals surface area contributed by atoms with Crippen molar-refractivity contribution in [3.63, 3.8) is 0 Å². The fourth-order valence-corrected chi connectivity index (χ4v) is 2.85. The van der Waals surface area contributed by atoms with Gasteiger partial charge in [-0.05, 0) is 18.3 Å². The minimum atomic E-state index is -0.797. The number of likely N-dealkylation sites (N-methyl/N-ethyl adjacent to an activating group) is 1. The van der Waals surface area contributed by atoms with Crippen molar-refractivity contribution in [2.45, 2.75) is 44.9 Å². The third kappa shape index (κ3) is 5.19. The lowest BCUT2D eigenvalue weighted by molar-refractivity contribution is -0.142. The van der Waals surface area contributed by atoms with Crippen LogP contribution in [0.2, 0.25) is 0 Å². The smallest absolute Gasteiger partial charge is 0.303 e. The highest BCUT2D eigenvalue weighted by molar-refractivity contribution is 5.78. The molecule has 0 saturated heterocycles. The molecule has 1 N–H and O–H groups in total. The van der Waals surface area contributed by atoms with E-state index in [4.69, 9.17) is 9.84 Å². The van der Waals surface area contributed by atoms with Gasteiger partial charge in [0.15, 0.2) is 0 Å². The van der Waals surface area contributed by atoms with Crippen molar-refractivity contribution in [3.05, 3.63) is 0 Å². The number of aliphatic carboxylic acids is 1. The number of carbonyl (C=O) groups excluding carboxylic acids is 1. The van der Waals surface area contributed by atoms with Crippen LogP contribution in [0.1, 0.15) is 44.9 Å². The zero-order chi connectivity index (χ0) is 14.3. The van der Waals surface area contributed by atoms with E-state index in [2.05, 4.69) is 0 Å². The fraction of sp³-hybridized carbons (Fsp3) is 0.857. The number of hydrogen-bond acceptors (Lipinski definition) is 3. The molecule has 0 aromatic carbocycles. The van der Waals surface area contributed by atoms with Gasteiger partial charge in [-0.1, -0.05) is 19.3 Å². The molecular formula is C14H25NO4. The summed E-state index contributed by atoms with van der Waals surface area (Å²) in [6.07, 6.45) is 5.36. The van der Waals surface area contributed by atoms with E-state index in [-0.39, 0.29) is 17.7 Å². The van der Waals surface area contributed by atoms with Crippen LogP contribution >= 0.6 is 0 Å². The molecule has 5 nitrogen and oxygen atoms in total. The number of ether oxygens (including phenoxy) is 1. The Morgan fingerprint density at radius 3 is 2.37 bits per heavy atom. The summed E-state index contributed by atoms with van der Waals surface area (Å²) in [6.45, 7) is 1.06. The van der Waals surface area contributed by atoms with Gasteiger partial charge in [-0.3, -0.25) is 9.59 Å². The maximum absolute atomic E-state index is 12.2. The summed E-state index contributed by atoms with van der Waals surface area (Å²) in [5.41, 5.74) is -0.331. The first kappa shape index (κ1) is 16.0. The van der Waals surface area contributed by atoms with E-state index >= 15 is 0 Å². The van der Waals surface area contributed by atoms with Crippen molar-refractivity contribution < 1.29 is 19.4 Å². The number of hydrogen-bond donors (Lipinski definition) is 1. The number of rotatable bonds is 7. The lowest BCUT2D eigenvalue weighted by atomic mass is 9.69. The molecule has 110 valence electrons. The molecular weight excluding hydrogens is 246 g/mol. The van der Waals surface area contributed by atoms with E-state index in [9.17, 15) is 9.59 Å².